The average Bonchev–Trinajstić information content (AvgIpc) is 2.28. The first-order valence-electron chi connectivity index (χ1n) is 5.29. The monoisotopic (exact) mass is 317 g/mol. The van der Waals surface area contributed by atoms with E-state index in [1.807, 2.05) is 25.1 Å². The number of hydrogen-bond donors (Lipinski definition) is 1. The maximum atomic E-state index is 11.0. The highest BCUT2D eigenvalue weighted by Crippen LogP contribution is 2.28. The van der Waals surface area contributed by atoms with Crippen molar-refractivity contribution in [3.05, 3.63) is 28.2 Å². The lowest BCUT2D eigenvalue weighted by Crippen LogP contribution is -2.05. The molecule has 0 bridgehead atoms. The predicted molar refractivity (Wildman–Crippen MR) is 74.1 cm³/mol. The number of ether oxygens (including phenoxy) is 1. The summed E-state index contributed by atoms with van der Waals surface area (Å²) in [4.78, 5) is 12.1. The van der Waals surface area contributed by atoms with Crippen LogP contribution < -0.4 is 5.73 Å². The second-order valence-corrected chi connectivity index (χ2v) is 5.67. The number of nitrogens with two attached hydrogens (primary N) is 1. The lowest BCUT2D eigenvalue weighted by molar-refractivity contribution is -0.140. The second kappa shape index (κ2) is 7.03. The van der Waals surface area contributed by atoms with Crippen molar-refractivity contribution in [3.63, 3.8) is 0 Å². The third-order valence-corrected chi connectivity index (χ3v) is 3.95. The number of hydrogen-bond acceptors (Lipinski definition) is 4. The quantitative estimate of drug-likeness (QED) is 0.669. The van der Waals surface area contributed by atoms with Gasteiger partial charge in [-0.1, -0.05) is 22.0 Å². The molecule has 0 saturated heterocycles. The van der Waals surface area contributed by atoms with Crippen molar-refractivity contribution < 1.29 is 9.53 Å². The first kappa shape index (κ1) is 14.5. The molecule has 0 radical (unpaired) electrons. The van der Waals surface area contributed by atoms with Crippen molar-refractivity contribution in [2.75, 3.05) is 12.9 Å². The Morgan fingerprint density at radius 1 is 1.59 bits per heavy atom. The molecule has 2 N–H and O–H groups in total. The number of thioether (sulfide) groups is 1. The highest BCUT2D eigenvalue weighted by molar-refractivity contribution is 9.10. The summed E-state index contributed by atoms with van der Waals surface area (Å²) in [6.07, 6.45) is 0.424. The SMILES string of the molecule is COC(=O)CCSc1ccc(C(C)N)c(Br)c1. The van der Waals surface area contributed by atoms with Crippen LogP contribution in [-0.2, 0) is 9.53 Å². The van der Waals surface area contributed by atoms with Crippen LogP contribution in [0.2, 0.25) is 0 Å². The van der Waals surface area contributed by atoms with Gasteiger partial charge in [0.25, 0.3) is 0 Å². The number of carbonyl (C=O) groups is 1. The largest absolute Gasteiger partial charge is 0.469 e. The van der Waals surface area contributed by atoms with Gasteiger partial charge in [-0.15, -0.1) is 11.8 Å². The van der Waals surface area contributed by atoms with E-state index in [1.165, 1.54) is 7.11 Å². The maximum absolute atomic E-state index is 11.0. The molecular weight excluding hydrogens is 302 g/mol. The summed E-state index contributed by atoms with van der Waals surface area (Å²) in [6, 6.07) is 6.07. The molecule has 0 aromatic heterocycles. The fraction of sp³-hybridized carbons (Fsp3) is 0.417. The molecule has 17 heavy (non-hydrogen) atoms. The number of rotatable bonds is 5. The molecule has 0 fully saturated rings. The van der Waals surface area contributed by atoms with Gasteiger partial charge in [0.15, 0.2) is 0 Å². The van der Waals surface area contributed by atoms with E-state index in [-0.39, 0.29) is 12.0 Å². The summed E-state index contributed by atoms with van der Waals surface area (Å²) >= 11 is 5.12. The fourth-order valence-electron chi connectivity index (χ4n) is 1.32. The van der Waals surface area contributed by atoms with Crippen molar-refractivity contribution >= 4 is 33.7 Å². The Morgan fingerprint density at radius 3 is 2.82 bits per heavy atom. The molecule has 1 aromatic carbocycles. The molecule has 0 aliphatic rings. The number of methoxy groups -OCH3 is 1. The lowest BCUT2D eigenvalue weighted by Gasteiger charge is -2.10. The van der Waals surface area contributed by atoms with Gasteiger partial charge in [0, 0.05) is 21.2 Å². The average molecular weight is 318 g/mol. The molecule has 3 nitrogen and oxygen atoms in total. The van der Waals surface area contributed by atoms with Crippen LogP contribution in [0.4, 0.5) is 0 Å². The van der Waals surface area contributed by atoms with Crippen LogP contribution in [0.15, 0.2) is 27.6 Å². The molecule has 0 amide bonds. The van der Waals surface area contributed by atoms with E-state index >= 15 is 0 Å². The van der Waals surface area contributed by atoms with Gasteiger partial charge in [0.1, 0.15) is 0 Å². The third kappa shape index (κ3) is 4.69. The zero-order chi connectivity index (χ0) is 12.8. The standard InChI is InChI=1S/C12H16BrNO2S/c1-8(14)10-4-3-9(7-11(10)13)17-6-5-12(15)16-2/h3-4,7-8H,5-6,14H2,1-2H3. The van der Waals surface area contributed by atoms with E-state index in [1.54, 1.807) is 11.8 Å². The van der Waals surface area contributed by atoms with Crippen molar-refractivity contribution in [2.45, 2.75) is 24.3 Å². The predicted octanol–water partition coefficient (Wildman–Crippen LogP) is 3.12. The van der Waals surface area contributed by atoms with E-state index in [4.69, 9.17) is 5.73 Å². The normalized spacial score (nSPS) is 12.2. The molecule has 0 aliphatic heterocycles. The van der Waals surface area contributed by atoms with Gasteiger partial charge >= 0.3 is 5.97 Å². The highest BCUT2D eigenvalue weighted by Gasteiger charge is 2.06. The number of benzene rings is 1. The van der Waals surface area contributed by atoms with E-state index in [0.29, 0.717) is 6.42 Å². The summed E-state index contributed by atoms with van der Waals surface area (Å²) in [6.45, 7) is 1.95. The minimum absolute atomic E-state index is 0.0125. The number of halogens is 1. The molecule has 1 atom stereocenters. The molecule has 0 saturated carbocycles. The van der Waals surface area contributed by atoms with Crippen molar-refractivity contribution in [1.29, 1.82) is 0 Å². The van der Waals surface area contributed by atoms with Gasteiger partial charge in [0.2, 0.25) is 0 Å². The third-order valence-electron chi connectivity index (χ3n) is 2.27. The minimum Gasteiger partial charge on any atom is -0.469 e. The molecule has 5 heteroatoms. The zero-order valence-corrected chi connectivity index (χ0v) is 12.3. The van der Waals surface area contributed by atoms with E-state index in [2.05, 4.69) is 20.7 Å². The van der Waals surface area contributed by atoms with Crippen LogP contribution in [0.25, 0.3) is 0 Å². The lowest BCUT2D eigenvalue weighted by atomic mass is 10.1. The Morgan fingerprint density at radius 2 is 2.29 bits per heavy atom. The van der Waals surface area contributed by atoms with Gasteiger partial charge in [-0.05, 0) is 24.6 Å². The highest BCUT2D eigenvalue weighted by atomic mass is 79.9. The summed E-state index contributed by atoms with van der Waals surface area (Å²) in [7, 11) is 1.40. The zero-order valence-electron chi connectivity index (χ0n) is 9.90. The smallest absolute Gasteiger partial charge is 0.306 e. The van der Waals surface area contributed by atoms with E-state index in [9.17, 15) is 4.79 Å². The first-order valence-corrected chi connectivity index (χ1v) is 7.07. The van der Waals surface area contributed by atoms with Crippen LogP contribution in [0, 0.1) is 0 Å². The topological polar surface area (TPSA) is 52.3 Å². The van der Waals surface area contributed by atoms with Crippen LogP contribution >= 0.6 is 27.7 Å². The maximum Gasteiger partial charge on any atom is 0.306 e. The molecule has 1 unspecified atom stereocenters. The summed E-state index contributed by atoms with van der Waals surface area (Å²) in [5.74, 6) is 0.542. The molecule has 94 valence electrons. The van der Waals surface area contributed by atoms with Crippen LogP contribution in [-0.4, -0.2) is 18.8 Å². The van der Waals surface area contributed by atoms with Crippen LogP contribution in [0.3, 0.4) is 0 Å². The van der Waals surface area contributed by atoms with E-state index in [0.717, 1.165) is 20.7 Å². The Kier molecular flexibility index (Phi) is 6.02. The first-order chi connectivity index (χ1) is 8.04. The molecule has 1 aromatic rings. The van der Waals surface area contributed by atoms with Crippen LogP contribution in [0.1, 0.15) is 24.9 Å². The van der Waals surface area contributed by atoms with Crippen LogP contribution in [0.5, 0.6) is 0 Å². The van der Waals surface area contributed by atoms with Gasteiger partial charge in [0.05, 0.1) is 13.5 Å². The molecule has 0 aliphatic carbocycles. The molecular formula is C12H16BrNO2S. The second-order valence-electron chi connectivity index (χ2n) is 3.65. The van der Waals surface area contributed by atoms with Crippen molar-refractivity contribution in [1.82, 2.24) is 0 Å². The van der Waals surface area contributed by atoms with E-state index < -0.39 is 0 Å². The van der Waals surface area contributed by atoms with Gasteiger partial charge in [-0.3, -0.25) is 4.79 Å². The van der Waals surface area contributed by atoms with Gasteiger partial charge in [-0.25, -0.2) is 0 Å². The fourth-order valence-corrected chi connectivity index (χ4v) is 3.08. The van der Waals surface area contributed by atoms with Crippen molar-refractivity contribution in [3.8, 4) is 0 Å². The number of esters is 1. The van der Waals surface area contributed by atoms with Crippen molar-refractivity contribution in [2.24, 2.45) is 5.73 Å². The Labute approximate surface area is 114 Å². The molecule has 0 spiro atoms. The van der Waals surface area contributed by atoms with Gasteiger partial charge in [-0.2, -0.15) is 0 Å². The number of carbonyl (C=O) groups excluding carboxylic acids is 1. The summed E-state index contributed by atoms with van der Waals surface area (Å²) in [5, 5.41) is 0. The Hall–Kier alpha value is -0.520. The summed E-state index contributed by atoms with van der Waals surface area (Å²) in [5.41, 5.74) is 6.91. The summed E-state index contributed by atoms with van der Waals surface area (Å²) < 4.78 is 5.59. The molecule has 1 rings (SSSR count). The van der Waals surface area contributed by atoms with Gasteiger partial charge < -0.3 is 10.5 Å². The Balaban J connectivity index is 2.56. The Bertz CT molecular complexity index is 396. The minimum atomic E-state index is -0.177. The molecule has 0 heterocycles.